The normalized spacial score (nSPS) is 23.3. The Morgan fingerprint density at radius 2 is 2.00 bits per heavy atom. The van der Waals surface area contributed by atoms with Gasteiger partial charge in [-0.2, -0.15) is 0 Å². The standard InChI is InChI=1S/C10H18.C2H6/c1-3-10-7-5-4-6-9(2)8-10;1-2/h8,10H,3-7H2,1-2H3;1-2H3/t10-;/m1./s1. The summed E-state index contributed by atoms with van der Waals surface area (Å²) >= 11 is 0. The minimum absolute atomic E-state index is 0.891. The van der Waals surface area contributed by atoms with Crippen LogP contribution in [0.1, 0.15) is 59.8 Å². The van der Waals surface area contributed by atoms with Crippen molar-refractivity contribution in [3.05, 3.63) is 11.6 Å². The summed E-state index contributed by atoms with van der Waals surface area (Å²) in [4.78, 5) is 0. The third kappa shape index (κ3) is 4.58. The van der Waals surface area contributed by atoms with Crippen LogP contribution < -0.4 is 0 Å². The lowest BCUT2D eigenvalue weighted by Crippen LogP contribution is -1.91. The van der Waals surface area contributed by atoms with Crippen LogP contribution >= 0.6 is 0 Å². The van der Waals surface area contributed by atoms with Gasteiger partial charge in [-0.25, -0.2) is 0 Å². The fourth-order valence-electron chi connectivity index (χ4n) is 1.70. The van der Waals surface area contributed by atoms with E-state index < -0.39 is 0 Å². The summed E-state index contributed by atoms with van der Waals surface area (Å²) in [7, 11) is 0. The molecule has 0 N–H and O–H groups in total. The van der Waals surface area contributed by atoms with Gasteiger partial charge in [-0.3, -0.25) is 0 Å². The molecule has 0 nitrogen and oxygen atoms in total. The summed E-state index contributed by atoms with van der Waals surface area (Å²) in [6.45, 7) is 8.56. The van der Waals surface area contributed by atoms with Crippen LogP contribution in [0.25, 0.3) is 0 Å². The highest BCUT2D eigenvalue weighted by molar-refractivity contribution is 5.02. The summed E-state index contributed by atoms with van der Waals surface area (Å²) in [5, 5.41) is 0. The van der Waals surface area contributed by atoms with Crippen molar-refractivity contribution in [3.63, 3.8) is 0 Å². The van der Waals surface area contributed by atoms with E-state index in [0.29, 0.717) is 0 Å². The zero-order valence-electron chi connectivity index (χ0n) is 9.19. The van der Waals surface area contributed by atoms with E-state index in [4.69, 9.17) is 0 Å². The molecule has 1 atom stereocenters. The second-order valence-electron chi connectivity index (χ2n) is 3.43. The van der Waals surface area contributed by atoms with Crippen LogP contribution in [-0.4, -0.2) is 0 Å². The number of allylic oxidation sites excluding steroid dienone is 2. The minimum atomic E-state index is 0.891. The maximum Gasteiger partial charge on any atom is -0.0234 e. The lowest BCUT2D eigenvalue weighted by molar-refractivity contribution is 0.547. The molecule has 0 aromatic heterocycles. The molecule has 0 fully saturated rings. The first-order chi connectivity index (χ1) is 5.83. The molecule has 1 rings (SSSR count). The summed E-state index contributed by atoms with van der Waals surface area (Å²) < 4.78 is 0. The van der Waals surface area contributed by atoms with Crippen molar-refractivity contribution in [2.75, 3.05) is 0 Å². The second kappa shape index (κ2) is 7.39. The van der Waals surface area contributed by atoms with E-state index in [2.05, 4.69) is 19.9 Å². The molecule has 0 aromatic carbocycles. The average Bonchev–Trinajstić information content (AvgIpc) is 2.33. The molecule has 0 heteroatoms. The molecule has 0 heterocycles. The number of hydrogen-bond donors (Lipinski definition) is 0. The Hall–Kier alpha value is -0.260. The lowest BCUT2D eigenvalue weighted by Gasteiger charge is -2.05. The Kier molecular flexibility index (Phi) is 7.23. The largest absolute Gasteiger partial charge is 0.0825 e. The average molecular weight is 168 g/mol. The van der Waals surface area contributed by atoms with E-state index in [9.17, 15) is 0 Å². The first kappa shape index (κ1) is 11.7. The lowest BCUT2D eigenvalue weighted by atomic mass is 10.0. The van der Waals surface area contributed by atoms with Gasteiger partial charge in [-0.1, -0.05) is 38.8 Å². The van der Waals surface area contributed by atoms with Gasteiger partial charge in [0.15, 0.2) is 0 Å². The molecular formula is C12H24. The van der Waals surface area contributed by atoms with E-state index >= 15 is 0 Å². The van der Waals surface area contributed by atoms with Crippen LogP contribution in [-0.2, 0) is 0 Å². The van der Waals surface area contributed by atoms with Crippen molar-refractivity contribution >= 4 is 0 Å². The molecular weight excluding hydrogens is 144 g/mol. The van der Waals surface area contributed by atoms with Crippen LogP contribution in [0.4, 0.5) is 0 Å². The second-order valence-corrected chi connectivity index (χ2v) is 3.43. The van der Waals surface area contributed by atoms with Gasteiger partial charge in [0.25, 0.3) is 0 Å². The van der Waals surface area contributed by atoms with E-state index in [1.165, 1.54) is 32.1 Å². The Morgan fingerprint density at radius 1 is 1.33 bits per heavy atom. The Labute approximate surface area is 78.1 Å². The van der Waals surface area contributed by atoms with Crippen LogP contribution in [0.3, 0.4) is 0 Å². The Morgan fingerprint density at radius 3 is 2.58 bits per heavy atom. The molecule has 0 radical (unpaired) electrons. The smallest absolute Gasteiger partial charge is 0.0234 e. The van der Waals surface area contributed by atoms with Crippen molar-refractivity contribution in [2.45, 2.75) is 59.8 Å². The van der Waals surface area contributed by atoms with Crippen LogP contribution in [0.15, 0.2) is 11.6 Å². The maximum atomic E-state index is 2.48. The number of rotatable bonds is 1. The highest BCUT2D eigenvalue weighted by Gasteiger charge is 2.06. The highest BCUT2D eigenvalue weighted by Crippen LogP contribution is 2.23. The fraction of sp³-hybridized carbons (Fsp3) is 0.833. The summed E-state index contributed by atoms with van der Waals surface area (Å²) in [6, 6.07) is 0. The number of hydrogen-bond acceptors (Lipinski definition) is 0. The Balaban J connectivity index is 0.000000561. The minimum Gasteiger partial charge on any atom is -0.0825 e. The van der Waals surface area contributed by atoms with Crippen molar-refractivity contribution in [1.82, 2.24) is 0 Å². The van der Waals surface area contributed by atoms with Crippen LogP contribution in [0.5, 0.6) is 0 Å². The van der Waals surface area contributed by atoms with E-state index in [1.807, 2.05) is 13.8 Å². The molecule has 0 unspecified atom stereocenters. The molecule has 1 aliphatic rings. The first-order valence-corrected chi connectivity index (χ1v) is 5.50. The monoisotopic (exact) mass is 168 g/mol. The predicted octanol–water partition coefficient (Wildman–Crippen LogP) is 4.56. The third-order valence-electron chi connectivity index (χ3n) is 2.44. The molecule has 0 spiro atoms. The first-order valence-electron chi connectivity index (χ1n) is 5.50. The molecule has 0 saturated carbocycles. The SMILES string of the molecule is CC.CC[C@H]1C=C(C)CCCC1. The summed E-state index contributed by atoms with van der Waals surface area (Å²) in [5.41, 5.74) is 1.62. The van der Waals surface area contributed by atoms with Gasteiger partial charge in [-0.15, -0.1) is 0 Å². The van der Waals surface area contributed by atoms with E-state index in [1.54, 1.807) is 5.57 Å². The highest BCUT2D eigenvalue weighted by atomic mass is 14.1. The summed E-state index contributed by atoms with van der Waals surface area (Å²) in [6.07, 6.45) is 9.43. The molecule has 72 valence electrons. The van der Waals surface area contributed by atoms with Gasteiger partial charge in [0.05, 0.1) is 0 Å². The van der Waals surface area contributed by atoms with Crippen LogP contribution in [0.2, 0.25) is 0 Å². The van der Waals surface area contributed by atoms with Crippen molar-refractivity contribution in [1.29, 1.82) is 0 Å². The Bertz CT molecular complexity index is 122. The predicted molar refractivity (Wildman–Crippen MR) is 57.4 cm³/mol. The molecule has 0 amide bonds. The van der Waals surface area contributed by atoms with Gasteiger partial charge >= 0.3 is 0 Å². The molecule has 12 heavy (non-hydrogen) atoms. The molecule has 0 saturated heterocycles. The van der Waals surface area contributed by atoms with Crippen LogP contribution in [0, 0.1) is 5.92 Å². The van der Waals surface area contributed by atoms with E-state index in [0.717, 1.165) is 5.92 Å². The maximum absolute atomic E-state index is 2.48. The van der Waals surface area contributed by atoms with E-state index in [-0.39, 0.29) is 0 Å². The van der Waals surface area contributed by atoms with Crippen molar-refractivity contribution in [3.8, 4) is 0 Å². The molecule has 0 aliphatic heterocycles. The molecule has 1 aliphatic carbocycles. The zero-order chi connectivity index (χ0) is 9.40. The molecule has 0 aromatic rings. The zero-order valence-corrected chi connectivity index (χ0v) is 9.19. The van der Waals surface area contributed by atoms with Gasteiger partial charge < -0.3 is 0 Å². The van der Waals surface area contributed by atoms with Crippen molar-refractivity contribution in [2.24, 2.45) is 5.92 Å². The third-order valence-corrected chi connectivity index (χ3v) is 2.44. The topological polar surface area (TPSA) is 0 Å². The molecule has 0 bridgehead atoms. The quantitative estimate of drug-likeness (QED) is 0.503. The summed E-state index contributed by atoms with van der Waals surface area (Å²) in [5.74, 6) is 0.891. The fourth-order valence-corrected chi connectivity index (χ4v) is 1.70. The van der Waals surface area contributed by atoms with Gasteiger partial charge in [0.2, 0.25) is 0 Å². The van der Waals surface area contributed by atoms with Gasteiger partial charge in [0, 0.05) is 0 Å². The van der Waals surface area contributed by atoms with Gasteiger partial charge in [0.1, 0.15) is 0 Å². The van der Waals surface area contributed by atoms with Crippen molar-refractivity contribution < 1.29 is 0 Å². The van der Waals surface area contributed by atoms with Gasteiger partial charge in [-0.05, 0) is 38.5 Å².